The Labute approximate surface area is 144 Å². The molecule has 0 saturated carbocycles. The number of aliphatic hydroxyl groups excluding tert-OH is 1. The fourth-order valence-electron chi connectivity index (χ4n) is 2.88. The number of benzene rings is 1. The number of piperazine rings is 1. The van der Waals surface area contributed by atoms with Crippen LogP contribution >= 0.6 is 0 Å². The molecule has 1 amide bonds. The van der Waals surface area contributed by atoms with Crippen molar-refractivity contribution in [3.63, 3.8) is 0 Å². The fourth-order valence-corrected chi connectivity index (χ4v) is 2.88. The number of ether oxygens (including phenoxy) is 1. The Morgan fingerprint density at radius 1 is 1.25 bits per heavy atom. The van der Waals surface area contributed by atoms with Gasteiger partial charge in [0.25, 0.3) is 0 Å². The second-order valence-electron chi connectivity index (χ2n) is 6.30. The monoisotopic (exact) mass is 335 g/mol. The number of carbonyl (C=O) groups excluding carboxylic acids is 1. The molecule has 1 heterocycles. The Bertz CT molecular complexity index is 490. The van der Waals surface area contributed by atoms with E-state index in [0.29, 0.717) is 19.6 Å². The molecule has 1 aromatic rings. The Morgan fingerprint density at radius 2 is 1.92 bits per heavy atom. The molecule has 134 valence electrons. The van der Waals surface area contributed by atoms with Crippen LogP contribution in [0.15, 0.2) is 30.3 Å². The Hall–Kier alpha value is -1.63. The van der Waals surface area contributed by atoms with Gasteiger partial charge in [0, 0.05) is 32.7 Å². The molecule has 0 bridgehead atoms. The molecule has 0 spiro atoms. The number of aliphatic hydroxyl groups is 1. The summed E-state index contributed by atoms with van der Waals surface area (Å²) >= 11 is 0. The highest BCUT2D eigenvalue weighted by Gasteiger charge is 2.25. The molecule has 6 nitrogen and oxygen atoms in total. The summed E-state index contributed by atoms with van der Waals surface area (Å²) in [5.41, 5.74) is 5.91. The van der Waals surface area contributed by atoms with E-state index in [1.807, 2.05) is 42.2 Å². The number of hydrogen-bond acceptors (Lipinski definition) is 5. The summed E-state index contributed by atoms with van der Waals surface area (Å²) in [6, 6.07) is 9.10. The van der Waals surface area contributed by atoms with Gasteiger partial charge in [-0.3, -0.25) is 9.69 Å². The zero-order valence-corrected chi connectivity index (χ0v) is 14.4. The van der Waals surface area contributed by atoms with Crippen LogP contribution in [0.5, 0.6) is 5.75 Å². The van der Waals surface area contributed by atoms with E-state index in [0.717, 1.165) is 31.7 Å². The molecule has 24 heavy (non-hydrogen) atoms. The molecule has 1 aliphatic heterocycles. The highest BCUT2D eigenvalue weighted by Crippen LogP contribution is 2.10. The molecule has 1 saturated heterocycles. The zero-order valence-electron chi connectivity index (χ0n) is 14.4. The maximum Gasteiger partial charge on any atom is 0.239 e. The first-order valence-corrected chi connectivity index (χ1v) is 8.72. The lowest BCUT2D eigenvalue weighted by Crippen LogP contribution is -2.54. The lowest BCUT2D eigenvalue weighted by molar-refractivity contribution is -0.134. The van der Waals surface area contributed by atoms with Crippen molar-refractivity contribution in [3.05, 3.63) is 30.3 Å². The highest BCUT2D eigenvalue weighted by molar-refractivity contribution is 5.81. The van der Waals surface area contributed by atoms with Gasteiger partial charge in [-0.05, 0) is 18.6 Å². The summed E-state index contributed by atoms with van der Waals surface area (Å²) in [5.74, 6) is 0.807. The zero-order chi connectivity index (χ0) is 17.4. The van der Waals surface area contributed by atoms with Crippen molar-refractivity contribution in [1.29, 1.82) is 0 Å². The van der Waals surface area contributed by atoms with E-state index < -0.39 is 6.10 Å². The van der Waals surface area contributed by atoms with Gasteiger partial charge in [-0.25, -0.2) is 0 Å². The standard InChI is InChI=1S/C18H29N3O3/c1-2-6-17(19)18(23)21-11-9-20(10-12-21)13-15(22)14-24-16-7-4-3-5-8-16/h3-5,7-8,15,17,22H,2,6,9-14,19H2,1H3. The van der Waals surface area contributed by atoms with Gasteiger partial charge in [0.2, 0.25) is 5.91 Å². The van der Waals surface area contributed by atoms with Crippen LogP contribution in [0.25, 0.3) is 0 Å². The normalized spacial score (nSPS) is 18.2. The van der Waals surface area contributed by atoms with Crippen molar-refractivity contribution in [2.75, 3.05) is 39.3 Å². The van der Waals surface area contributed by atoms with Crippen LogP contribution in [0.3, 0.4) is 0 Å². The van der Waals surface area contributed by atoms with Crippen molar-refractivity contribution in [3.8, 4) is 5.75 Å². The summed E-state index contributed by atoms with van der Waals surface area (Å²) in [4.78, 5) is 16.2. The Balaban J connectivity index is 1.68. The molecule has 6 heteroatoms. The average Bonchev–Trinajstić information content (AvgIpc) is 2.61. The van der Waals surface area contributed by atoms with Gasteiger partial charge in [0.15, 0.2) is 0 Å². The number of nitrogens with zero attached hydrogens (tertiary/aromatic N) is 2. The highest BCUT2D eigenvalue weighted by atomic mass is 16.5. The number of nitrogens with two attached hydrogens (primary N) is 1. The minimum Gasteiger partial charge on any atom is -0.491 e. The van der Waals surface area contributed by atoms with Crippen LogP contribution in [0, 0.1) is 0 Å². The SMILES string of the molecule is CCCC(N)C(=O)N1CCN(CC(O)COc2ccccc2)CC1. The van der Waals surface area contributed by atoms with Crippen LogP contribution in [0.4, 0.5) is 0 Å². The van der Waals surface area contributed by atoms with Gasteiger partial charge in [-0.1, -0.05) is 31.5 Å². The topological polar surface area (TPSA) is 79.0 Å². The molecule has 3 N–H and O–H groups in total. The number of β-amino-alcohol motifs (C(OH)–C–C–N with tert-alkyl or cyclic N) is 1. The van der Waals surface area contributed by atoms with Gasteiger partial charge in [-0.2, -0.15) is 0 Å². The van der Waals surface area contributed by atoms with Gasteiger partial charge in [0.05, 0.1) is 6.04 Å². The van der Waals surface area contributed by atoms with Crippen molar-refractivity contribution in [1.82, 2.24) is 9.80 Å². The predicted molar refractivity (Wildman–Crippen MR) is 93.8 cm³/mol. The number of para-hydroxylation sites is 1. The lowest BCUT2D eigenvalue weighted by atomic mass is 10.1. The molecular formula is C18H29N3O3. The van der Waals surface area contributed by atoms with E-state index in [4.69, 9.17) is 10.5 Å². The molecule has 2 unspecified atom stereocenters. The fraction of sp³-hybridized carbons (Fsp3) is 0.611. The summed E-state index contributed by atoms with van der Waals surface area (Å²) in [6.45, 7) is 5.70. The maximum absolute atomic E-state index is 12.2. The molecule has 0 aromatic heterocycles. The molecule has 0 aliphatic carbocycles. The van der Waals surface area contributed by atoms with Gasteiger partial charge in [0.1, 0.15) is 18.5 Å². The number of amides is 1. The first-order chi connectivity index (χ1) is 11.6. The molecular weight excluding hydrogens is 306 g/mol. The van der Waals surface area contributed by atoms with Gasteiger partial charge in [-0.15, -0.1) is 0 Å². The average molecular weight is 335 g/mol. The lowest BCUT2D eigenvalue weighted by Gasteiger charge is -2.36. The predicted octanol–water partition coefficient (Wildman–Crippen LogP) is 0.698. The number of rotatable bonds is 8. The van der Waals surface area contributed by atoms with E-state index in [-0.39, 0.29) is 18.6 Å². The molecule has 1 aliphatic rings. The quantitative estimate of drug-likeness (QED) is 0.731. The molecule has 1 aromatic carbocycles. The van der Waals surface area contributed by atoms with Crippen LogP contribution in [-0.2, 0) is 4.79 Å². The molecule has 2 rings (SSSR count). The second-order valence-corrected chi connectivity index (χ2v) is 6.30. The summed E-state index contributed by atoms with van der Waals surface area (Å²) in [5, 5.41) is 10.1. The van der Waals surface area contributed by atoms with Crippen LogP contribution in [0.1, 0.15) is 19.8 Å². The second kappa shape index (κ2) is 9.61. The van der Waals surface area contributed by atoms with Gasteiger partial charge < -0.3 is 20.5 Å². The van der Waals surface area contributed by atoms with Crippen LogP contribution < -0.4 is 10.5 Å². The molecule has 2 atom stereocenters. The third-order valence-electron chi connectivity index (χ3n) is 4.26. The maximum atomic E-state index is 12.2. The summed E-state index contributed by atoms with van der Waals surface area (Å²) < 4.78 is 5.57. The third kappa shape index (κ3) is 5.78. The molecule has 0 radical (unpaired) electrons. The molecule has 1 fully saturated rings. The van der Waals surface area contributed by atoms with E-state index >= 15 is 0 Å². The number of carbonyl (C=O) groups is 1. The first kappa shape index (κ1) is 18.7. The first-order valence-electron chi connectivity index (χ1n) is 8.72. The number of hydrogen-bond donors (Lipinski definition) is 2. The summed E-state index contributed by atoms with van der Waals surface area (Å²) in [7, 11) is 0. The van der Waals surface area contributed by atoms with Crippen LogP contribution in [-0.4, -0.2) is 72.3 Å². The van der Waals surface area contributed by atoms with Gasteiger partial charge >= 0.3 is 0 Å². The third-order valence-corrected chi connectivity index (χ3v) is 4.26. The summed E-state index contributed by atoms with van der Waals surface area (Å²) in [6.07, 6.45) is 1.10. The van der Waals surface area contributed by atoms with Crippen molar-refractivity contribution in [2.24, 2.45) is 5.73 Å². The van der Waals surface area contributed by atoms with E-state index in [2.05, 4.69) is 4.90 Å². The Kier molecular flexibility index (Phi) is 7.49. The smallest absolute Gasteiger partial charge is 0.239 e. The van der Waals surface area contributed by atoms with Crippen molar-refractivity contribution in [2.45, 2.75) is 31.9 Å². The van der Waals surface area contributed by atoms with Crippen molar-refractivity contribution < 1.29 is 14.6 Å². The van der Waals surface area contributed by atoms with E-state index in [1.54, 1.807) is 0 Å². The Morgan fingerprint density at radius 3 is 2.54 bits per heavy atom. The minimum atomic E-state index is -0.546. The van der Waals surface area contributed by atoms with Crippen molar-refractivity contribution >= 4 is 5.91 Å². The minimum absolute atomic E-state index is 0.0458. The van der Waals surface area contributed by atoms with E-state index in [9.17, 15) is 9.90 Å². The van der Waals surface area contributed by atoms with Crippen LogP contribution in [0.2, 0.25) is 0 Å². The largest absolute Gasteiger partial charge is 0.491 e. The van der Waals surface area contributed by atoms with E-state index in [1.165, 1.54) is 0 Å².